The van der Waals surface area contributed by atoms with Gasteiger partial charge in [0.25, 0.3) is 0 Å². The fourth-order valence-electron chi connectivity index (χ4n) is 2.42. The van der Waals surface area contributed by atoms with E-state index < -0.39 is 6.10 Å². The second kappa shape index (κ2) is 12.5. The number of halogens is 1. The summed E-state index contributed by atoms with van der Waals surface area (Å²) in [6.45, 7) is 10.3. The standard InChI is InChI=1S/C19H33N3O2.HI/c1-6-20-18(22-14-17(24-5)19(2,3)4)21-13-16(23)12-15-10-8-7-9-11-15;/h7-11,16-17,23H,6,12-14H2,1-5H3,(H2,20,21,22);1H. The minimum atomic E-state index is -0.497. The third-order valence-corrected chi connectivity index (χ3v) is 3.82. The highest BCUT2D eigenvalue weighted by Gasteiger charge is 2.24. The number of nitrogens with one attached hydrogen (secondary N) is 2. The molecule has 2 atom stereocenters. The zero-order chi connectivity index (χ0) is 18.0. The van der Waals surface area contributed by atoms with Crippen LogP contribution >= 0.6 is 24.0 Å². The Morgan fingerprint density at radius 3 is 2.36 bits per heavy atom. The first-order chi connectivity index (χ1) is 11.4. The number of benzene rings is 1. The molecule has 3 N–H and O–H groups in total. The monoisotopic (exact) mass is 463 g/mol. The highest BCUT2D eigenvalue weighted by atomic mass is 127. The zero-order valence-electron chi connectivity index (χ0n) is 16.1. The summed E-state index contributed by atoms with van der Waals surface area (Å²) in [6.07, 6.45) is 0.186. The quantitative estimate of drug-likeness (QED) is 0.315. The van der Waals surface area contributed by atoms with E-state index >= 15 is 0 Å². The molecule has 1 aromatic carbocycles. The lowest BCUT2D eigenvalue weighted by atomic mass is 9.89. The second-order valence-corrected chi connectivity index (χ2v) is 7.03. The van der Waals surface area contributed by atoms with E-state index in [0.29, 0.717) is 25.5 Å². The molecule has 0 radical (unpaired) electrons. The first-order valence-corrected chi connectivity index (χ1v) is 8.63. The van der Waals surface area contributed by atoms with Crippen molar-refractivity contribution in [3.05, 3.63) is 35.9 Å². The second-order valence-electron chi connectivity index (χ2n) is 7.03. The lowest BCUT2D eigenvalue weighted by Crippen LogP contribution is -2.45. The maximum atomic E-state index is 10.2. The molecule has 0 saturated heterocycles. The lowest BCUT2D eigenvalue weighted by Gasteiger charge is -2.30. The molecule has 5 nitrogen and oxygen atoms in total. The predicted molar refractivity (Wildman–Crippen MR) is 116 cm³/mol. The molecule has 0 aliphatic heterocycles. The van der Waals surface area contributed by atoms with E-state index in [1.807, 2.05) is 37.3 Å². The van der Waals surface area contributed by atoms with Gasteiger partial charge in [-0.2, -0.15) is 0 Å². The summed E-state index contributed by atoms with van der Waals surface area (Å²) in [5.41, 5.74) is 1.16. The number of hydrogen-bond acceptors (Lipinski definition) is 3. The van der Waals surface area contributed by atoms with E-state index in [-0.39, 0.29) is 35.5 Å². The normalized spacial score (nSPS) is 14.4. The van der Waals surface area contributed by atoms with Gasteiger partial charge in [-0.3, -0.25) is 4.99 Å². The van der Waals surface area contributed by atoms with E-state index in [1.54, 1.807) is 7.11 Å². The largest absolute Gasteiger partial charge is 0.391 e. The van der Waals surface area contributed by atoms with Crippen LogP contribution in [0.3, 0.4) is 0 Å². The molecule has 0 heterocycles. The number of methoxy groups -OCH3 is 1. The summed E-state index contributed by atoms with van der Waals surface area (Å²) in [5, 5.41) is 16.7. The number of ether oxygens (including phenoxy) is 1. The Labute approximate surface area is 169 Å². The van der Waals surface area contributed by atoms with Gasteiger partial charge in [0.15, 0.2) is 5.96 Å². The van der Waals surface area contributed by atoms with E-state index in [1.165, 1.54) is 0 Å². The van der Waals surface area contributed by atoms with Gasteiger partial charge in [-0.25, -0.2) is 0 Å². The Bertz CT molecular complexity index is 489. The number of rotatable bonds is 8. The van der Waals surface area contributed by atoms with Crippen LogP contribution in [-0.2, 0) is 11.2 Å². The lowest BCUT2D eigenvalue weighted by molar-refractivity contribution is 0.0205. The number of aliphatic hydroxyl groups excluding tert-OH is 1. The van der Waals surface area contributed by atoms with Crippen molar-refractivity contribution >= 4 is 29.9 Å². The molecule has 1 rings (SSSR count). The van der Waals surface area contributed by atoms with E-state index in [9.17, 15) is 5.11 Å². The average molecular weight is 463 g/mol. The topological polar surface area (TPSA) is 65.9 Å². The van der Waals surface area contributed by atoms with Crippen molar-refractivity contribution in [2.45, 2.75) is 46.3 Å². The first kappa shape index (κ1) is 24.1. The molecule has 0 aliphatic rings. The third-order valence-electron chi connectivity index (χ3n) is 3.82. The molecule has 0 spiro atoms. The van der Waals surface area contributed by atoms with E-state index in [0.717, 1.165) is 12.1 Å². The summed E-state index contributed by atoms with van der Waals surface area (Å²) in [7, 11) is 1.73. The van der Waals surface area contributed by atoms with Gasteiger partial charge in [0.2, 0.25) is 0 Å². The Hall–Kier alpha value is -0.860. The van der Waals surface area contributed by atoms with Crippen molar-refractivity contribution in [2.75, 3.05) is 26.7 Å². The zero-order valence-corrected chi connectivity index (χ0v) is 18.4. The Morgan fingerprint density at radius 1 is 1.20 bits per heavy atom. The summed E-state index contributed by atoms with van der Waals surface area (Å²) in [5.74, 6) is 0.705. The van der Waals surface area contributed by atoms with Gasteiger partial charge in [-0.1, -0.05) is 51.1 Å². The van der Waals surface area contributed by atoms with E-state index in [2.05, 4.69) is 36.4 Å². The molecular formula is C19H34IN3O2. The van der Waals surface area contributed by atoms with Crippen LogP contribution in [0.4, 0.5) is 0 Å². The molecule has 0 fully saturated rings. The van der Waals surface area contributed by atoms with Crippen molar-refractivity contribution in [3.8, 4) is 0 Å². The Morgan fingerprint density at radius 2 is 1.84 bits per heavy atom. The molecule has 0 saturated carbocycles. The SMILES string of the molecule is CCNC(=NCC(O)Cc1ccccc1)NCC(OC)C(C)(C)C.I. The smallest absolute Gasteiger partial charge is 0.191 e. The van der Waals surface area contributed by atoms with Gasteiger partial charge < -0.3 is 20.5 Å². The molecular weight excluding hydrogens is 429 g/mol. The van der Waals surface area contributed by atoms with Crippen LogP contribution in [0.5, 0.6) is 0 Å². The molecule has 144 valence electrons. The number of guanidine groups is 1. The Balaban J connectivity index is 0.00000576. The molecule has 0 amide bonds. The minimum absolute atomic E-state index is 0. The van der Waals surface area contributed by atoms with Crippen molar-refractivity contribution in [2.24, 2.45) is 10.4 Å². The van der Waals surface area contributed by atoms with Crippen molar-refractivity contribution in [1.82, 2.24) is 10.6 Å². The summed E-state index contributed by atoms with van der Waals surface area (Å²) < 4.78 is 5.55. The first-order valence-electron chi connectivity index (χ1n) is 8.63. The highest BCUT2D eigenvalue weighted by Crippen LogP contribution is 2.20. The van der Waals surface area contributed by atoms with Crippen LogP contribution in [0.2, 0.25) is 0 Å². The summed E-state index contributed by atoms with van der Waals surface area (Å²) in [4.78, 5) is 4.49. The maximum absolute atomic E-state index is 10.2. The van der Waals surface area contributed by atoms with Crippen LogP contribution in [-0.4, -0.2) is 50.0 Å². The Kier molecular flexibility index (Phi) is 12.1. The number of hydrogen-bond donors (Lipinski definition) is 3. The van der Waals surface area contributed by atoms with Gasteiger partial charge >= 0.3 is 0 Å². The molecule has 1 aromatic rings. The van der Waals surface area contributed by atoms with Crippen LogP contribution in [0.15, 0.2) is 35.3 Å². The van der Waals surface area contributed by atoms with Gasteiger partial charge in [0.1, 0.15) is 0 Å². The van der Waals surface area contributed by atoms with Crippen LogP contribution in [0.1, 0.15) is 33.3 Å². The fourth-order valence-corrected chi connectivity index (χ4v) is 2.42. The van der Waals surface area contributed by atoms with Crippen LogP contribution in [0.25, 0.3) is 0 Å². The van der Waals surface area contributed by atoms with Crippen LogP contribution in [0, 0.1) is 5.41 Å². The van der Waals surface area contributed by atoms with Crippen molar-refractivity contribution in [1.29, 1.82) is 0 Å². The minimum Gasteiger partial charge on any atom is -0.391 e. The molecule has 6 heteroatoms. The maximum Gasteiger partial charge on any atom is 0.191 e. The van der Waals surface area contributed by atoms with Crippen molar-refractivity contribution < 1.29 is 9.84 Å². The molecule has 0 aliphatic carbocycles. The fraction of sp³-hybridized carbons (Fsp3) is 0.632. The molecule has 25 heavy (non-hydrogen) atoms. The van der Waals surface area contributed by atoms with Gasteiger partial charge in [0.05, 0.1) is 18.8 Å². The molecule has 2 unspecified atom stereocenters. The number of nitrogens with zero attached hydrogens (tertiary/aromatic N) is 1. The van der Waals surface area contributed by atoms with Gasteiger partial charge in [-0.15, -0.1) is 24.0 Å². The van der Waals surface area contributed by atoms with Gasteiger partial charge in [0, 0.05) is 26.6 Å². The van der Waals surface area contributed by atoms with E-state index in [4.69, 9.17) is 4.74 Å². The third kappa shape index (κ3) is 10.0. The van der Waals surface area contributed by atoms with Crippen LogP contribution < -0.4 is 10.6 Å². The molecule has 0 aromatic heterocycles. The predicted octanol–water partition coefficient (Wildman–Crippen LogP) is 2.82. The van der Waals surface area contributed by atoms with Crippen molar-refractivity contribution in [3.63, 3.8) is 0 Å². The summed E-state index contributed by atoms with van der Waals surface area (Å²) >= 11 is 0. The average Bonchev–Trinajstić information content (AvgIpc) is 2.52. The summed E-state index contributed by atoms with van der Waals surface area (Å²) in [6, 6.07) is 9.97. The molecule has 0 bridgehead atoms. The van der Waals surface area contributed by atoms with Gasteiger partial charge in [-0.05, 0) is 17.9 Å². The number of aliphatic imine (C=N–C) groups is 1. The highest BCUT2D eigenvalue weighted by molar-refractivity contribution is 14.0. The number of aliphatic hydroxyl groups is 1.